The van der Waals surface area contributed by atoms with Crippen LogP contribution in [0.25, 0.3) is 11.3 Å². The number of anilines is 1. The number of nitrogens with two attached hydrogens (primary N) is 1. The molecule has 0 aliphatic heterocycles. The van der Waals surface area contributed by atoms with Gasteiger partial charge in [-0.2, -0.15) is 5.26 Å². The highest BCUT2D eigenvalue weighted by Gasteiger charge is 2.21. The van der Waals surface area contributed by atoms with Crippen LogP contribution in [0.5, 0.6) is 0 Å². The largest absolute Gasteiger partial charge is 0.368 e. The average molecular weight is 274 g/mol. The summed E-state index contributed by atoms with van der Waals surface area (Å²) >= 11 is 0. The summed E-state index contributed by atoms with van der Waals surface area (Å²) in [5.41, 5.74) is 6.25. The Morgan fingerprint density at radius 2 is 1.84 bits per heavy atom. The summed E-state index contributed by atoms with van der Waals surface area (Å²) in [5, 5.41) is 8.83. The second-order valence-electron chi connectivity index (χ2n) is 3.86. The molecule has 2 aromatic rings. The Morgan fingerprint density at radius 1 is 1.21 bits per heavy atom. The molecule has 0 aliphatic carbocycles. The molecular formula is C12H10N4O2S. The number of nitriles is 1. The average Bonchev–Trinajstić information content (AvgIpc) is 2.37. The lowest BCUT2D eigenvalue weighted by Crippen LogP contribution is -2.10. The molecule has 0 amide bonds. The number of benzene rings is 1. The van der Waals surface area contributed by atoms with Gasteiger partial charge in [-0.15, -0.1) is 0 Å². The highest BCUT2D eigenvalue weighted by molar-refractivity contribution is 7.90. The zero-order chi connectivity index (χ0) is 14.0. The molecule has 19 heavy (non-hydrogen) atoms. The Hall–Kier alpha value is -2.46. The van der Waals surface area contributed by atoms with Gasteiger partial charge >= 0.3 is 0 Å². The van der Waals surface area contributed by atoms with Crippen LogP contribution in [0.1, 0.15) is 5.56 Å². The van der Waals surface area contributed by atoms with Crippen LogP contribution >= 0.6 is 0 Å². The Balaban J connectivity index is 2.84. The van der Waals surface area contributed by atoms with Crippen LogP contribution in [0, 0.1) is 11.3 Å². The monoisotopic (exact) mass is 274 g/mol. The third-order valence-electron chi connectivity index (χ3n) is 2.40. The molecule has 0 unspecified atom stereocenters. The van der Waals surface area contributed by atoms with E-state index in [-0.39, 0.29) is 22.2 Å². The number of aromatic nitrogens is 2. The fourth-order valence-corrected chi connectivity index (χ4v) is 2.40. The first-order valence-corrected chi connectivity index (χ1v) is 7.15. The van der Waals surface area contributed by atoms with Crippen molar-refractivity contribution in [1.82, 2.24) is 9.97 Å². The van der Waals surface area contributed by atoms with E-state index in [1.54, 1.807) is 30.3 Å². The summed E-state index contributed by atoms with van der Waals surface area (Å²) in [6, 6.07) is 10.6. The predicted octanol–water partition coefficient (Wildman–Crippen LogP) is 1.00. The van der Waals surface area contributed by atoms with Crippen LogP contribution < -0.4 is 5.73 Å². The van der Waals surface area contributed by atoms with Crippen molar-refractivity contribution in [1.29, 1.82) is 5.26 Å². The summed E-state index contributed by atoms with van der Waals surface area (Å²) < 4.78 is 23.3. The SMILES string of the molecule is CS(=O)(=O)c1nc(N)nc(-c2ccccc2)c1C#N. The first-order valence-electron chi connectivity index (χ1n) is 5.26. The summed E-state index contributed by atoms with van der Waals surface area (Å²) in [4.78, 5) is 7.63. The topological polar surface area (TPSA) is 110 Å². The van der Waals surface area contributed by atoms with E-state index in [0.717, 1.165) is 6.26 Å². The molecule has 0 saturated carbocycles. The van der Waals surface area contributed by atoms with Crippen LogP contribution in [0.2, 0.25) is 0 Å². The minimum Gasteiger partial charge on any atom is -0.368 e. The second-order valence-corrected chi connectivity index (χ2v) is 5.79. The first kappa shape index (κ1) is 13.0. The highest BCUT2D eigenvalue weighted by Crippen LogP contribution is 2.25. The van der Waals surface area contributed by atoms with Crippen molar-refractivity contribution < 1.29 is 8.42 Å². The normalized spacial score (nSPS) is 10.9. The van der Waals surface area contributed by atoms with E-state index in [2.05, 4.69) is 9.97 Å². The molecule has 0 atom stereocenters. The fourth-order valence-electron chi connectivity index (χ4n) is 1.63. The lowest BCUT2D eigenvalue weighted by Gasteiger charge is -2.07. The van der Waals surface area contributed by atoms with E-state index in [4.69, 9.17) is 5.73 Å². The number of rotatable bonds is 2. The minimum atomic E-state index is -3.65. The van der Waals surface area contributed by atoms with Crippen LogP contribution in [0.15, 0.2) is 35.4 Å². The number of hydrogen-bond acceptors (Lipinski definition) is 6. The van der Waals surface area contributed by atoms with Gasteiger partial charge in [-0.1, -0.05) is 30.3 Å². The maximum atomic E-state index is 11.7. The van der Waals surface area contributed by atoms with E-state index in [1.165, 1.54) is 0 Å². The lowest BCUT2D eigenvalue weighted by atomic mass is 10.1. The quantitative estimate of drug-likeness (QED) is 0.818. The molecule has 7 heteroatoms. The molecule has 96 valence electrons. The van der Waals surface area contributed by atoms with Crippen LogP contribution in [-0.2, 0) is 9.84 Å². The standard InChI is InChI=1S/C12H10N4O2S/c1-19(17,18)11-9(7-13)10(15-12(14)16-11)8-5-3-2-4-6-8/h2-6H,1H3,(H2,14,15,16). The van der Waals surface area contributed by atoms with Crippen molar-refractivity contribution in [2.75, 3.05) is 12.0 Å². The van der Waals surface area contributed by atoms with Gasteiger partial charge in [0.05, 0.1) is 5.69 Å². The molecule has 1 aromatic heterocycles. The van der Waals surface area contributed by atoms with E-state index < -0.39 is 9.84 Å². The van der Waals surface area contributed by atoms with Gasteiger partial charge in [0, 0.05) is 11.8 Å². The second kappa shape index (κ2) is 4.66. The maximum Gasteiger partial charge on any atom is 0.221 e. The predicted molar refractivity (Wildman–Crippen MR) is 69.7 cm³/mol. The molecule has 0 fully saturated rings. The lowest BCUT2D eigenvalue weighted by molar-refractivity contribution is 0.597. The van der Waals surface area contributed by atoms with Gasteiger partial charge in [0.1, 0.15) is 11.6 Å². The minimum absolute atomic E-state index is 0.0945. The molecule has 0 bridgehead atoms. The molecule has 0 spiro atoms. The summed E-state index contributed by atoms with van der Waals surface area (Å²) in [5.74, 6) is -0.182. The van der Waals surface area contributed by atoms with Crippen molar-refractivity contribution in [2.24, 2.45) is 0 Å². The van der Waals surface area contributed by atoms with E-state index in [0.29, 0.717) is 5.56 Å². The molecule has 1 aromatic carbocycles. The smallest absolute Gasteiger partial charge is 0.221 e. The van der Waals surface area contributed by atoms with Crippen LogP contribution in [0.4, 0.5) is 5.95 Å². The molecule has 0 aliphatic rings. The maximum absolute atomic E-state index is 11.7. The van der Waals surface area contributed by atoms with Gasteiger partial charge in [-0.3, -0.25) is 0 Å². The summed E-state index contributed by atoms with van der Waals surface area (Å²) in [7, 11) is -3.65. The first-order chi connectivity index (χ1) is 8.93. The van der Waals surface area contributed by atoms with E-state index in [1.807, 2.05) is 6.07 Å². The number of nitrogens with zero attached hydrogens (tertiary/aromatic N) is 3. The van der Waals surface area contributed by atoms with Gasteiger partial charge < -0.3 is 5.73 Å². The Labute approximate surface area is 110 Å². The Kier molecular flexibility index (Phi) is 3.19. The van der Waals surface area contributed by atoms with Crippen molar-refractivity contribution in [3.8, 4) is 17.3 Å². The number of hydrogen-bond donors (Lipinski definition) is 1. The van der Waals surface area contributed by atoms with Gasteiger partial charge in [0.2, 0.25) is 5.95 Å². The van der Waals surface area contributed by atoms with Gasteiger partial charge in [0.15, 0.2) is 14.9 Å². The van der Waals surface area contributed by atoms with Crippen molar-refractivity contribution in [2.45, 2.75) is 5.03 Å². The fraction of sp³-hybridized carbons (Fsp3) is 0.0833. The number of sulfone groups is 1. The van der Waals surface area contributed by atoms with Crippen molar-refractivity contribution >= 4 is 15.8 Å². The third kappa shape index (κ3) is 2.53. The highest BCUT2D eigenvalue weighted by atomic mass is 32.2. The molecule has 2 rings (SSSR count). The molecule has 1 heterocycles. The zero-order valence-corrected chi connectivity index (χ0v) is 10.8. The number of nitrogen functional groups attached to an aromatic ring is 1. The molecule has 6 nitrogen and oxygen atoms in total. The van der Waals surface area contributed by atoms with Crippen LogP contribution in [-0.4, -0.2) is 24.6 Å². The summed E-state index contributed by atoms with van der Waals surface area (Å²) in [6.07, 6.45) is 0.977. The molecule has 0 radical (unpaired) electrons. The van der Waals surface area contributed by atoms with Crippen LogP contribution in [0.3, 0.4) is 0 Å². The Bertz CT molecular complexity index is 764. The van der Waals surface area contributed by atoms with Gasteiger partial charge in [-0.25, -0.2) is 18.4 Å². The van der Waals surface area contributed by atoms with Crippen molar-refractivity contribution in [3.63, 3.8) is 0 Å². The Morgan fingerprint density at radius 3 is 2.37 bits per heavy atom. The molecule has 0 saturated heterocycles. The van der Waals surface area contributed by atoms with E-state index >= 15 is 0 Å². The van der Waals surface area contributed by atoms with Gasteiger partial charge in [0.25, 0.3) is 0 Å². The van der Waals surface area contributed by atoms with Gasteiger partial charge in [-0.05, 0) is 0 Å². The van der Waals surface area contributed by atoms with E-state index in [9.17, 15) is 13.7 Å². The molecule has 2 N–H and O–H groups in total. The zero-order valence-electron chi connectivity index (χ0n) is 10.0. The molecular weight excluding hydrogens is 264 g/mol. The summed E-state index contributed by atoms with van der Waals surface area (Å²) in [6.45, 7) is 0. The van der Waals surface area contributed by atoms with Crippen molar-refractivity contribution in [3.05, 3.63) is 35.9 Å². The third-order valence-corrected chi connectivity index (χ3v) is 3.40.